The lowest BCUT2D eigenvalue weighted by Crippen LogP contribution is -2.46. The van der Waals surface area contributed by atoms with Gasteiger partial charge in [-0.15, -0.1) is 0 Å². The van der Waals surface area contributed by atoms with Gasteiger partial charge in [-0.2, -0.15) is 0 Å². The van der Waals surface area contributed by atoms with E-state index in [1.165, 1.54) is 0 Å². The molecule has 0 bridgehead atoms. The van der Waals surface area contributed by atoms with Crippen LogP contribution in [-0.2, 0) is 9.53 Å². The van der Waals surface area contributed by atoms with Gasteiger partial charge in [-0.05, 0) is 41.0 Å². The van der Waals surface area contributed by atoms with Crippen molar-refractivity contribution in [3.8, 4) is 0 Å². The number of esters is 1. The number of ether oxygens (including phenoxy) is 1. The number of carbonyl (C=O) groups excluding carboxylic acids is 1. The lowest BCUT2D eigenvalue weighted by Gasteiger charge is -2.27. The molecule has 4 heteroatoms. The monoisotopic (exact) mass is 245 g/mol. The Bertz CT molecular complexity index is 244. The molecule has 0 saturated carbocycles. The van der Waals surface area contributed by atoms with Crippen molar-refractivity contribution in [3.05, 3.63) is 0 Å². The van der Waals surface area contributed by atoms with Gasteiger partial charge in [-0.25, -0.2) is 0 Å². The number of nitrogens with one attached hydrogen (secondary N) is 1. The number of carbonyl (C=O) groups is 1. The minimum atomic E-state index is -0.773. The first kappa shape index (κ1) is 16.4. The summed E-state index contributed by atoms with van der Waals surface area (Å²) in [4.78, 5) is 11.7. The van der Waals surface area contributed by atoms with E-state index in [-0.39, 0.29) is 5.97 Å². The minimum absolute atomic E-state index is 0.287. The first-order valence-corrected chi connectivity index (χ1v) is 6.26. The molecule has 0 aliphatic heterocycles. The van der Waals surface area contributed by atoms with E-state index in [0.717, 1.165) is 6.42 Å². The first-order chi connectivity index (χ1) is 7.57. The van der Waals surface area contributed by atoms with E-state index in [4.69, 9.17) is 4.74 Å². The van der Waals surface area contributed by atoms with Crippen LogP contribution in [0.3, 0.4) is 0 Å². The van der Waals surface area contributed by atoms with Crippen LogP contribution in [0.15, 0.2) is 0 Å². The molecule has 102 valence electrons. The fourth-order valence-corrected chi connectivity index (χ4v) is 1.47. The van der Waals surface area contributed by atoms with Crippen LogP contribution in [-0.4, -0.2) is 34.9 Å². The summed E-state index contributed by atoms with van der Waals surface area (Å²) in [5.41, 5.74) is -1.25. The summed E-state index contributed by atoms with van der Waals surface area (Å²) >= 11 is 0. The maximum absolute atomic E-state index is 11.7. The summed E-state index contributed by atoms with van der Waals surface area (Å²) in [5.74, 6) is -0.287. The van der Waals surface area contributed by atoms with Crippen LogP contribution < -0.4 is 5.32 Å². The van der Waals surface area contributed by atoms with Gasteiger partial charge in [-0.1, -0.05) is 13.3 Å². The summed E-state index contributed by atoms with van der Waals surface area (Å²) < 4.78 is 5.24. The van der Waals surface area contributed by atoms with Crippen LogP contribution in [0.25, 0.3) is 0 Å². The van der Waals surface area contributed by atoms with Gasteiger partial charge in [0.15, 0.2) is 0 Å². The highest BCUT2D eigenvalue weighted by Crippen LogP contribution is 2.11. The van der Waals surface area contributed by atoms with E-state index in [2.05, 4.69) is 5.32 Å². The van der Waals surface area contributed by atoms with Crippen LogP contribution >= 0.6 is 0 Å². The Balaban J connectivity index is 4.10. The standard InChI is InChI=1S/C13H27NO3/c1-7-8-13(6,16)9-14-10(2)11(15)17-12(3,4)5/h10,14,16H,7-9H2,1-6H3. The SMILES string of the molecule is CCCC(C)(O)CNC(C)C(=O)OC(C)(C)C. The fourth-order valence-electron chi connectivity index (χ4n) is 1.47. The average molecular weight is 245 g/mol. The largest absolute Gasteiger partial charge is 0.459 e. The molecule has 0 fully saturated rings. The molecule has 0 saturated heterocycles. The summed E-state index contributed by atoms with van der Waals surface area (Å²) in [5, 5.41) is 13.0. The zero-order valence-corrected chi connectivity index (χ0v) is 12.0. The zero-order valence-electron chi connectivity index (χ0n) is 12.0. The molecule has 2 unspecified atom stereocenters. The lowest BCUT2D eigenvalue weighted by atomic mass is 10.0. The quantitative estimate of drug-likeness (QED) is 0.701. The number of aliphatic hydroxyl groups is 1. The van der Waals surface area contributed by atoms with Crippen molar-refractivity contribution in [3.63, 3.8) is 0 Å². The van der Waals surface area contributed by atoms with Crippen LogP contribution in [0.2, 0.25) is 0 Å². The second kappa shape index (κ2) is 6.36. The predicted molar refractivity (Wildman–Crippen MR) is 68.8 cm³/mol. The van der Waals surface area contributed by atoms with Crippen molar-refractivity contribution >= 4 is 5.97 Å². The third-order valence-electron chi connectivity index (χ3n) is 2.34. The highest BCUT2D eigenvalue weighted by Gasteiger charge is 2.24. The minimum Gasteiger partial charge on any atom is -0.459 e. The molecule has 0 radical (unpaired) electrons. The predicted octanol–water partition coefficient (Wildman–Crippen LogP) is 1.86. The summed E-state index contributed by atoms with van der Waals surface area (Å²) in [6.07, 6.45) is 1.62. The lowest BCUT2D eigenvalue weighted by molar-refractivity contribution is -0.157. The van der Waals surface area contributed by atoms with Crippen molar-refractivity contribution in [2.24, 2.45) is 0 Å². The summed E-state index contributed by atoms with van der Waals surface area (Å²) in [7, 11) is 0. The Morgan fingerprint density at radius 1 is 1.35 bits per heavy atom. The second-order valence-electron chi connectivity index (χ2n) is 5.88. The van der Waals surface area contributed by atoms with Gasteiger partial charge in [0.25, 0.3) is 0 Å². The van der Waals surface area contributed by atoms with Gasteiger partial charge in [0.2, 0.25) is 0 Å². The Morgan fingerprint density at radius 3 is 2.29 bits per heavy atom. The normalized spacial score (nSPS) is 17.4. The molecule has 0 rings (SSSR count). The maximum Gasteiger partial charge on any atom is 0.323 e. The summed E-state index contributed by atoms with van der Waals surface area (Å²) in [6.45, 7) is 11.4. The van der Waals surface area contributed by atoms with Crippen molar-refractivity contribution in [1.29, 1.82) is 0 Å². The van der Waals surface area contributed by atoms with Crippen LogP contribution in [0.5, 0.6) is 0 Å². The van der Waals surface area contributed by atoms with Gasteiger partial charge in [0.1, 0.15) is 11.6 Å². The zero-order chi connectivity index (χ0) is 13.7. The molecule has 0 aromatic carbocycles. The Kier molecular flexibility index (Phi) is 6.13. The third kappa shape index (κ3) is 8.16. The van der Waals surface area contributed by atoms with Crippen molar-refractivity contribution < 1.29 is 14.6 Å². The molecular weight excluding hydrogens is 218 g/mol. The number of hydrogen-bond donors (Lipinski definition) is 2. The molecule has 0 aliphatic carbocycles. The smallest absolute Gasteiger partial charge is 0.323 e. The molecule has 0 aromatic heterocycles. The number of rotatable bonds is 6. The summed E-state index contributed by atoms with van der Waals surface area (Å²) in [6, 6.07) is -0.405. The van der Waals surface area contributed by atoms with Gasteiger partial charge in [0.05, 0.1) is 5.60 Å². The average Bonchev–Trinajstić information content (AvgIpc) is 2.11. The highest BCUT2D eigenvalue weighted by atomic mass is 16.6. The van der Waals surface area contributed by atoms with Crippen molar-refractivity contribution in [2.75, 3.05) is 6.54 Å². The van der Waals surface area contributed by atoms with Gasteiger partial charge >= 0.3 is 5.97 Å². The van der Waals surface area contributed by atoms with Crippen LogP contribution in [0.4, 0.5) is 0 Å². The maximum atomic E-state index is 11.7. The van der Waals surface area contributed by atoms with Crippen molar-refractivity contribution in [2.45, 2.75) is 71.6 Å². The molecule has 2 N–H and O–H groups in total. The number of hydrogen-bond acceptors (Lipinski definition) is 4. The van der Waals surface area contributed by atoms with Gasteiger partial charge < -0.3 is 15.2 Å². The molecule has 0 heterocycles. The third-order valence-corrected chi connectivity index (χ3v) is 2.34. The van der Waals surface area contributed by atoms with Gasteiger partial charge in [-0.3, -0.25) is 4.79 Å². The van der Waals surface area contributed by atoms with E-state index in [1.807, 2.05) is 27.7 Å². The van der Waals surface area contributed by atoms with Crippen LogP contribution in [0.1, 0.15) is 54.4 Å². The molecule has 17 heavy (non-hydrogen) atoms. The van der Waals surface area contributed by atoms with E-state index in [1.54, 1.807) is 13.8 Å². The molecule has 0 aliphatic rings. The van der Waals surface area contributed by atoms with Crippen molar-refractivity contribution in [1.82, 2.24) is 5.32 Å². The molecular formula is C13H27NO3. The molecule has 0 spiro atoms. The van der Waals surface area contributed by atoms with E-state index >= 15 is 0 Å². The van der Waals surface area contributed by atoms with E-state index < -0.39 is 17.2 Å². The van der Waals surface area contributed by atoms with Crippen LogP contribution in [0, 0.1) is 0 Å². The Morgan fingerprint density at radius 2 is 1.88 bits per heavy atom. The molecule has 2 atom stereocenters. The first-order valence-electron chi connectivity index (χ1n) is 6.26. The topological polar surface area (TPSA) is 58.6 Å². The molecule has 4 nitrogen and oxygen atoms in total. The second-order valence-corrected chi connectivity index (χ2v) is 5.88. The Labute approximate surface area is 105 Å². The van der Waals surface area contributed by atoms with E-state index in [9.17, 15) is 9.90 Å². The van der Waals surface area contributed by atoms with E-state index in [0.29, 0.717) is 13.0 Å². The molecule has 0 aromatic rings. The highest BCUT2D eigenvalue weighted by molar-refractivity contribution is 5.75. The Hall–Kier alpha value is -0.610. The van der Waals surface area contributed by atoms with Gasteiger partial charge in [0, 0.05) is 6.54 Å². The molecule has 0 amide bonds. The fraction of sp³-hybridized carbons (Fsp3) is 0.923.